The predicted octanol–water partition coefficient (Wildman–Crippen LogP) is 3.28. The molecule has 3 rings (SSSR count). The number of aromatic nitrogens is 3. The summed E-state index contributed by atoms with van der Waals surface area (Å²) in [6.07, 6.45) is 4.48. The largest absolute Gasteiger partial charge is 0.466 e. The van der Waals surface area contributed by atoms with E-state index in [-0.39, 0.29) is 11.5 Å². The highest BCUT2D eigenvalue weighted by atomic mass is 32.2. The Morgan fingerprint density at radius 2 is 2.07 bits per heavy atom. The van der Waals surface area contributed by atoms with E-state index in [2.05, 4.69) is 9.97 Å². The first kappa shape index (κ1) is 19.1. The third kappa shape index (κ3) is 4.95. The first-order valence-corrected chi connectivity index (χ1v) is 9.84. The second-order valence-electron chi connectivity index (χ2n) is 5.92. The highest BCUT2D eigenvalue weighted by Crippen LogP contribution is 2.20. The lowest BCUT2D eigenvalue weighted by atomic mass is 10.2. The van der Waals surface area contributed by atoms with Crippen LogP contribution < -0.4 is 5.56 Å². The molecule has 140 valence electrons. The maximum Gasteiger partial charge on any atom is 0.305 e. The van der Waals surface area contributed by atoms with Gasteiger partial charge in [-0.05, 0) is 37.1 Å². The molecule has 0 fully saturated rings. The van der Waals surface area contributed by atoms with Crippen molar-refractivity contribution in [1.29, 1.82) is 0 Å². The van der Waals surface area contributed by atoms with Crippen LogP contribution in [0.2, 0.25) is 0 Å². The molecular weight excluding hydrogens is 362 g/mol. The maximum absolute atomic E-state index is 13.0. The number of thioether (sulfide) groups is 1. The van der Waals surface area contributed by atoms with E-state index in [1.165, 1.54) is 11.8 Å². The molecule has 0 N–H and O–H groups in total. The van der Waals surface area contributed by atoms with Crippen LogP contribution >= 0.6 is 11.8 Å². The van der Waals surface area contributed by atoms with Crippen molar-refractivity contribution in [2.75, 3.05) is 12.4 Å². The van der Waals surface area contributed by atoms with Crippen LogP contribution in [0.1, 0.15) is 25.3 Å². The second kappa shape index (κ2) is 9.32. The molecule has 0 aliphatic rings. The van der Waals surface area contributed by atoms with Crippen molar-refractivity contribution < 1.29 is 9.53 Å². The van der Waals surface area contributed by atoms with Crippen molar-refractivity contribution in [2.45, 2.75) is 31.5 Å². The Morgan fingerprint density at radius 1 is 1.22 bits per heavy atom. The molecule has 0 unspecified atom stereocenters. The SMILES string of the molecule is CCOC(=O)CCCSc1nc2ccccc2c(=O)n1Cc1cccnc1. The van der Waals surface area contributed by atoms with Gasteiger partial charge in [0.15, 0.2) is 5.16 Å². The second-order valence-corrected chi connectivity index (χ2v) is 6.98. The van der Waals surface area contributed by atoms with Gasteiger partial charge in [-0.1, -0.05) is 30.0 Å². The standard InChI is InChI=1S/C20H21N3O3S/c1-2-26-18(24)10-6-12-27-20-22-17-9-4-3-8-16(17)19(25)23(20)14-15-7-5-11-21-13-15/h3-5,7-9,11,13H,2,6,10,12,14H2,1H3. The lowest BCUT2D eigenvalue weighted by molar-refractivity contribution is -0.143. The zero-order chi connectivity index (χ0) is 19.1. The van der Waals surface area contributed by atoms with Crippen LogP contribution in [0.5, 0.6) is 0 Å². The lowest BCUT2D eigenvalue weighted by Crippen LogP contribution is -2.24. The van der Waals surface area contributed by atoms with Crippen LogP contribution in [-0.2, 0) is 16.1 Å². The molecule has 3 aromatic rings. The third-order valence-electron chi connectivity index (χ3n) is 3.95. The number of ether oxygens (including phenoxy) is 1. The average molecular weight is 383 g/mol. The van der Waals surface area contributed by atoms with Gasteiger partial charge in [0.05, 0.1) is 24.1 Å². The Balaban J connectivity index is 1.84. The molecule has 0 saturated carbocycles. The van der Waals surface area contributed by atoms with Crippen molar-refractivity contribution >= 4 is 28.6 Å². The van der Waals surface area contributed by atoms with E-state index in [1.807, 2.05) is 30.3 Å². The number of pyridine rings is 1. The van der Waals surface area contributed by atoms with Crippen molar-refractivity contribution in [2.24, 2.45) is 0 Å². The zero-order valence-electron chi connectivity index (χ0n) is 15.1. The number of benzene rings is 1. The number of carbonyl (C=O) groups is 1. The highest BCUT2D eigenvalue weighted by Gasteiger charge is 2.12. The van der Waals surface area contributed by atoms with E-state index in [1.54, 1.807) is 30.0 Å². The first-order chi connectivity index (χ1) is 13.2. The van der Waals surface area contributed by atoms with Gasteiger partial charge in [-0.15, -0.1) is 0 Å². The Hall–Kier alpha value is -2.67. The van der Waals surface area contributed by atoms with Gasteiger partial charge >= 0.3 is 5.97 Å². The molecule has 0 amide bonds. The smallest absolute Gasteiger partial charge is 0.305 e. The minimum atomic E-state index is -0.197. The Morgan fingerprint density at radius 3 is 2.85 bits per heavy atom. The first-order valence-electron chi connectivity index (χ1n) is 8.86. The summed E-state index contributed by atoms with van der Waals surface area (Å²) in [6, 6.07) is 11.1. The van der Waals surface area contributed by atoms with Crippen LogP contribution in [0.25, 0.3) is 10.9 Å². The molecule has 0 bridgehead atoms. The molecular formula is C20H21N3O3S. The molecule has 7 heteroatoms. The topological polar surface area (TPSA) is 74.1 Å². The summed E-state index contributed by atoms with van der Waals surface area (Å²) in [5.41, 5.74) is 1.54. The van der Waals surface area contributed by atoms with Gasteiger partial charge in [0.1, 0.15) is 0 Å². The Kier molecular flexibility index (Phi) is 6.59. The number of hydrogen-bond acceptors (Lipinski definition) is 6. The van der Waals surface area contributed by atoms with Crippen molar-refractivity contribution in [3.05, 3.63) is 64.7 Å². The zero-order valence-corrected chi connectivity index (χ0v) is 15.9. The van der Waals surface area contributed by atoms with Crippen molar-refractivity contribution in [3.8, 4) is 0 Å². The molecule has 0 spiro atoms. The summed E-state index contributed by atoms with van der Waals surface area (Å²) >= 11 is 1.48. The van der Waals surface area contributed by atoms with Gasteiger partial charge < -0.3 is 4.74 Å². The molecule has 1 aromatic carbocycles. The number of esters is 1. The minimum absolute atomic E-state index is 0.0719. The third-order valence-corrected chi connectivity index (χ3v) is 5.01. The van der Waals surface area contributed by atoms with Crippen LogP contribution in [-0.4, -0.2) is 32.9 Å². The fourth-order valence-electron chi connectivity index (χ4n) is 2.68. The minimum Gasteiger partial charge on any atom is -0.466 e. The summed E-state index contributed by atoms with van der Waals surface area (Å²) < 4.78 is 6.62. The number of rotatable bonds is 8. The number of fused-ring (bicyclic) bond motifs is 1. The molecule has 2 heterocycles. The molecule has 6 nitrogen and oxygen atoms in total. The van der Waals surface area contributed by atoms with E-state index < -0.39 is 0 Å². The van der Waals surface area contributed by atoms with Gasteiger partial charge in [0.25, 0.3) is 5.56 Å². The van der Waals surface area contributed by atoms with Gasteiger partial charge in [-0.2, -0.15) is 0 Å². The number of para-hydroxylation sites is 1. The fourth-order valence-corrected chi connectivity index (χ4v) is 3.62. The molecule has 0 aliphatic carbocycles. The van der Waals surface area contributed by atoms with E-state index in [0.29, 0.717) is 47.8 Å². The average Bonchev–Trinajstić information content (AvgIpc) is 2.69. The number of hydrogen-bond donors (Lipinski definition) is 0. The molecule has 0 saturated heterocycles. The Bertz CT molecular complexity index is 973. The fraction of sp³-hybridized carbons (Fsp3) is 0.300. The van der Waals surface area contributed by atoms with E-state index in [0.717, 1.165) is 5.56 Å². The summed E-state index contributed by atoms with van der Waals surface area (Å²) in [7, 11) is 0. The van der Waals surface area contributed by atoms with E-state index in [4.69, 9.17) is 4.74 Å². The monoisotopic (exact) mass is 383 g/mol. The predicted molar refractivity (Wildman–Crippen MR) is 106 cm³/mol. The number of carbonyl (C=O) groups excluding carboxylic acids is 1. The van der Waals surface area contributed by atoms with E-state index in [9.17, 15) is 9.59 Å². The normalized spacial score (nSPS) is 10.9. The summed E-state index contributed by atoms with van der Waals surface area (Å²) in [6.45, 7) is 2.59. The summed E-state index contributed by atoms with van der Waals surface area (Å²) in [4.78, 5) is 33.3. The van der Waals surface area contributed by atoms with Gasteiger partial charge in [-0.25, -0.2) is 4.98 Å². The molecule has 0 aliphatic heterocycles. The van der Waals surface area contributed by atoms with Gasteiger partial charge in [0.2, 0.25) is 0 Å². The number of nitrogens with zero attached hydrogens (tertiary/aromatic N) is 3. The molecule has 27 heavy (non-hydrogen) atoms. The van der Waals surface area contributed by atoms with Crippen molar-refractivity contribution in [1.82, 2.24) is 14.5 Å². The lowest BCUT2D eigenvalue weighted by Gasteiger charge is -2.13. The van der Waals surface area contributed by atoms with Crippen LogP contribution in [0.4, 0.5) is 0 Å². The maximum atomic E-state index is 13.0. The van der Waals surface area contributed by atoms with Gasteiger partial charge in [0, 0.05) is 24.6 Å². The van der Waals surface area contributed by atoms with Crippen LogP contribution in [0, 0.1) is 0 Å². The van der Waals surface area contributed by atoms with Gasteiger partial charge in [-0.3, -0.25) is 19.1 Å². The molecule has 0 radical (unpaired) electrons. The molecule has 0 atom stereocenters. The Labute approximate surface area is 161 Å². The quantitative estimate of drug-likeness (QED) is 0.257. The summed E-state index contributed by atoms with van der Waals surface area (Å²) in [5.74, 6) is 0.480. The van der Waals surface area contributed by atoms with E-state index >= 15 is 0 Å². The highest BCUT2D eigenvalue weighted by molar-refractivity contribution is 7.99. The van der Waals surface area contributed by atoms with Crippen molar-refractivity contribution in [3.63, 3.8) is 0 Å². The van der Waals surface area contributed by atoms with Crippen LogP contribution in [0.15, 0.2) is 58.7 Å². The summed E-state index contributed by atoms with van der Waals surface area (Å²) in [5, 5.41) is 1.24. The molecule has 2 aromatic heterocycles. The van der Waals surface area contributed by atoms with Crippen LogP contribution in [0.3, 0.4) is 0 Å².